The van der Waals surface area contributed by atoms with Crippen molar-refractivity contribution in [3.63, 3.8) is 0 Å². The lowest BCUT2D eigenvalue weighted by molar-refractivity contribution is 0.272. The van der Waals surface area contributed by atoms with E-state index in [4.69, 9.17) is 0 Å². The molecule has 0 aromatic heterocycles. The molecule has 1 aromatic carbocycles. The molecule has 1 aliphatic rings. The van der Waals surface area contributed by atoms with Crippen molar-refractivity contribution in [1.82, 2.24) is 5.32 Å². The summed E-state index contributed by atoms with van der Waals surface area (Å²) in [6, 6.07) is 11.5. The van der Waals surface area contributed by atoms with Gasteiger partial charge in [0.05, 0.1) is 0 Å². The predicted octanol–water partition coefficient (Wildman–Crippen LogP) is 4.42. The Bertz CT molecular complexity index is 338. The van der Waals surface area contributed by atoms with E-state index in [1.54, 1.807) is 0 Å². The first kappa shape index (κ1) is 14.6. The summed E-state index contributed by atoms with van der Waals surface area (Å²) in [5.41, 5.74) is 1.46. The molecule has 1 N–H and O–H groups in total. The fourth-order valence-corrected chi connectivity index (χ4v) is 3.13. The third-order valence-corrected chi connectivity index (χ3v) is 4.65. The molecule has 1 fully saturated rings. The van der Waals surface area contributed by atoms with Gasteiger partial charge in [-0.25, -0.2) is 0 Å². The zero-order valence-corrected chi connectivity index (χ0v) is 12.6. The van der Waals surface area contributed by atoms with Crippen molar-refractivity contribution >= 4 is 0 Å². The number of hydrogen-bond donors (Lipinski definition) is 1. The second-order valence-corrected chi connectivity index (χ2v) is 6.33. The Morgan fingerprint density at radius 2 is 1.79 bits per heavy atom. The maximum absolute atomic E-state index is 3.80. The van der Waals surface area contributed by atoms with E-state index in [0.717, 1.165) is 11.8 Å². The lowest BCUT2D eigenvalue weighted by Crippen LogP contribution is -2.35. The third kappa shape index (κ3) is 4.99. The summed E-state index contributed by atoms with van der Waals surface area (Å²) >= 11 is 0. The Morgan fingerprint density at radius 3 is 2.42 bits per heavy atom. The van der Waals surface area contributed by atoms with Crippen LogP contribution in [0.15, 0.2) is 30.3 Å². The fourth-order valence-electron chi connectivity index (χ4n) is 3.13. The Hall–Kier alpha value is -0.820. The van der Waals surface area contributed by atoms with Crippen LogP contribution < -0.4 is 5.32 Å². The molecule has 0 bridgehead atoms. The van der Waals surface area contributed by atoms with Crippen LogP contribution in [0.2, 0.25) is 0 Å². The van der Waals surface area contributed by atoms with E-state index in [-0.39, 0.29) is 0 Å². The van der Waals surface area contributed by atoms with E-state index >= 15 is 0 Å². The van der Waals surface area contributed by atoms with E-state index in [1.807, 2.05) is 0 Å². The van der Waals surface area contributed by atoms with Crippen LogP contribution in [-0.2, 0) is 6.42 Å². The standard InChI is InChI=1S/C18H29N/c1-3-18(13-16-7-5-4-6-8-16)19-14-17-11-9-15(2)10-12-17/h4-8,15,17-19H,3,9-14H2,1-2H3. The average molecular weight is 259 g/mol. The van der Waals surface area contributed by atoms with Crippen LogP contribution >= 0.6 is 0 Å². The molecule has 1 saturated carbocycles. The largest absolute Gasteiger partial charge is 0.313 e. The van der Waals surface area contributed by atoms with Crippen LogP contribution in [0.4, 0.5) is 0 Å². The molecule has 0 aliphatic heterocycles. The number of hydrogen-bond acceptors (Lipinski definition) is 1. The van der Waals surface area contributed by atoms with Gasteiger partial charge in [-0.3, -0.25) is 0 Å². The van der Waals surface area contributed by atoms with Gasteiger partial charge in [-0.05, 0) is 49.6 Å². The molecule has 1 aliphatic carbocycles. The highest BCUT2D eigenvalue weighted by Crippen LogP contribution is 2.27. The predicted molar refractivity (Wildman–Crippen MR) is 83.3 cm³/mol. The van der Waals surface area contributed by atoms with Crippen molar-refractivity contribution in [2.75, 3.05) is 6.54 Å². The summed E-state index contributed by atoms with van der Waals surface area (Å²) in [7, 11) is 0. The van der Waals surface area contributed by atoms with Gasteiger partial charge in [0.15, 0.2) is 0 Å². The number of benzene rings is 1. The first-order valence-electron chi connectivity index (χ1n) is 8.05. The molecule has 0 spiro atoms. The van der Waals surface area contributed by atoms with Crippen LogP contribution in [0.5, 0.6) is 0 Å². The van der Waals surface area contributed by atoms with E-state index in [1.165, 1.54) is 50.6 Å². The lowest BCUT2D eigenvalue weighted by atomic mass is 9.83. The Balaban J connectivity index is 1.73. The second kappa shape index (κ2) is 7.69. The zero-order chi connectivity index (χ0) is 13.5. The minimum Gasteiger partial charge on any atom is -0.313 e. The van der Waals surface area contributed by atoms with Gasteiger partial charge in [0.1, 0.15) is 0 Å². The summed E-state index contributed by atoms with van der Waals surface area (Å²) in [6.45, 7) is 5.91. The molecule has 19 heavy (non-hydrogen) atoms. The van der Waals surface area contributed by atoms with Crippen molar-refractivity contribution < 1.29 is 0 Å². The first-order valence-corrected chi connectivity index (χ1v) is 8.05. The van der Waals surface area contributed by atoms with E-state index in [0.29, 0.717) is 6.04 Å². The molecule has 0 amide bonds. The fraction of sp³-hybridized carbons (Fsp3) is 0.667. The molecule has 1 unspecified atom stereocenters. The van der Waals surface area contributed by atoms with Crippen molar-refractivity contribution in [2.45, 2.75) is 58.4 Å². The zero-order valence-electron chi connectivity index (χ0n) is 12.6. The summed E-state index contributed by atoms with van der Waals surface area (Å²) in [5.74, 6) is 1.88. The molecule has 1 nitrogen and oxygen atoms in total. The number of rotatable bonds is 6. The van der Waals surface area contributed by atoms with E-state index < -0.39 is 0 Å². The minimum atomic E-state index is 0.641. The maximum Gasteiger partial charge on any atom is 0.0105 e. The van der Waals surface area contributed by atoms with Crippen LogP contribution in [-0.4, -0.2) is 12.6 Å². The maximum atomic E-state index is 3.80. The molecule has 106 valence electrons. The minimum absolute atomic E-state index is 0.641. The van der Waals surface area contributed by atoms with Crippen LogP contribution in [0, 0.1) is 11.8 Å². The molecular formula is C18H29N. The second-order valence-electron chi connectivity index (χ2n) is 6.33. The SMILES string of the molecule is CCC(Cc1ccccc1)NCC1CCC(C)CC1. The van der Waals surface area contributed by atoms with Crippen molar-refractivity contribution in [3.05, 3.63) is 35.9 Å². The highest BCUT2D eigenvalue weighted by molar-refractivity contribution is 5.15. The van der Waals surface area contributed by atoms with Gasteiger partial charge >= 0.3 is 0 Å². The molecule has 1 heteroatoms. The van der Waals surface area contributed by atoms with Gasteiger partial charge in [0.25, 0.3) is 0 Å². The van der Waals surface area contributed by atoms with Crippen molar-refractivity contribution in [3.8, 4) is 0 Å². The van der Waals surface area contributed by atoms with Gasteiger partial charge in [0, 0.05) is 6.04 Å². The summed E-state index contributed by atoms with van der Waals surface area (Å²) in [4.78, 5) is 0. The summed E-state index contributed by atoms with van der Waals surface area (Å²) in [5, 5.41) is 3.80. The smallest absolute Gasteiger partial charge is 0.0105 e. The average Bonchev–Trinajstić information content (AvgIpc) is 2.46. The lowest BCUT2D eigenvalue weighted by Gasteiger charge is -2.28. The van der Waals surface area contributed by atoms with Crippen molar-refractivity contribution in [2.24, 2.45) is 11.8 Å². The van der Waals surface area contributed by atoms with E-state index in [9.17, 15) is 0 Å². The van der Waals surface area contributed by atoms with Crippen molar-refractivity contribution in [1.29, 1.82) is 0 Å². The number of nitrogens with one attached hydrogen (secondary N) is 1. The van der Waals surface area contributed by atoms with Crippen LogP contribution in [0.3, 0.4) is 0 Å². The Morgan fingerprint density at radius 1 is 1.11 bits per heavy atom. The van der Waals surface area contributed by atoms with Gasteiger partial charge in [-0.1, -0.05) is 57.0 Å². The molecule has 0 saturated heterocycles. The van der Waals surface area contributed by atoms with Gasteiger partial charge in [-0.15, -0.1) is 0 Å². The molecular weight excluding hydrogens is 230 g/mol. The van der Waals surface area contributed by atoms with Gasteiger partial charge < -0.3 is 5.32 Å². The molecule has 1 aromatic rings. The van der Waals surface area contributed by atoms with Crippen LogP contribution in [0.1, 0.15) is 51.5 Å². The molecule has 0 radical (unpaired) electrons. The monoisotopic (exact) mass is 259 g/mol. The molecule has 1 atom stereocenters. The van der Waals surface area contributed by atoms with E-state index in [2.05, 4.69) is 49.5 Å². The first-order chi connectivity index (χ1) is 9.28. The molecule has 0 heterocycles. The third-order valence-electron chi connectivity index (χ3n) is 4.65. The summed E-state index contributed by atoms with van der Waals surface area (Å²) < 4.78 is 0. The summed E-state index contributed by atoms with van der Waals surface area (Å²) in [6.07, 6.45) is 8.11. The van der Waals surface area contributed by atoms with Gasteiger partial charge in [0.2, 0.25) is 0 Å². The highest BCUT2D eigenvalue weighted by Gasteiger charge is 2.18. The molecule has 2 rings (SSSR count). The van der Waals surface area contributed by atoms with Crippen LogP contribution in [0.25, 0.3) is 0 Å². The Labute approximate surface area is 118 Å². The topological polar surface area (TPSA) is 12.0 Å². The normalized spacial score (nSPS) is 25.2. The Kier molecular flexibility index (Phi) is 5.91. The quantitative estimate of drug-likeness (QED) is 0.797. The van der Waals surface area contributed by atoms with Gasteiger partial charge in [-0.2, -0.15) is 0 Å². The highest BCUT2D eigenvalue weighted by atomic mass is 14.9.